The maximum atomic E-state index is 12.7. The number of carbonyl (C=O) groups excluding carboxylic acids is 1. The van der Waals surface area contributed by atoms with E-state index in [1.165, 1.54) is 0 Å². The van der Waals surface area contributed by atoms with E-state index in [4.69, 9.17) is 10.5 Å². The first-order chi connectivity index (χ1) is 14.5. The fraction of sp³-hybridized carbons (Fsp3) is 0.444. The molecule has 4 nitrogen and oxygen atoms in total. The van der Waals surface area contributed by atoms with E-state index in [0.29, 0.717) is 29.4 Å². The molecule has 4 heteroatoms. The van der Waals surface area contributed by atoms with Crippen LogP contribution in [0.25, 0.3) is 6.08 Å². The molecule has 0 saturated heterocycles. The Hall–Kier alpha value is -2.75. The summed E-state index contributed by atoms with van der Waals surface area (Å²) in [6.07, 6.45) is 5.07. The second-order valence-electron chi connectivity index (χ2n) is 9.29. The van der Waals surface area contributed by atoms with Crippen molar-refractivity contribution in [3.63, 3.8) is 0 Å². The predicted octanol–water partition coefficient (Wildman–Crippen LogP) is 6.64. The van der Waals surface area contributed by atoms with Crippen LogP contribution >= 0.6 is 0 Å². The van der Waals surface area contributed by atoms with Gasteiger partial charge < -0.3 is 15.6 Å². The molecule has 31 heavy (non-hydrogen) atoms. The molecule has 0 spiro atoms. The zero-order chi connectivity index (χ0) is 23.4. The Morgan fingerprint density at radius 3 is 2.13 bits per heavy atom. The molecule has 0 aliphatic heterocycles. The minimum atomic E-state index is -0.294. The lowest BCUT2D eigenvalue weighted by molar-refractivity contribution is 0.104. The van der Waals surface area contributed by atoms with Gasteiger partial charge in [0.2, 0.25) is 0 Å². The molecule has 3 N–H and O–H groups in total. The summed E-state index contributed by atoms with van der Waals surface area (Å²) < 4.78 is 6.05. The summed E-state index contributed by atoms with van der Waals surface area (Å²) in [7, 11) is 0. The third kappa shape index (κ3) is 5.30. The quantitative estimate of drug-likeness (QED) is 0.269. The van der Waals surface area contributed by atoms with Crippen LogP contribution in [0.2, 0.25) is 0 Å². The third-order valence-electron chi connectivity index (χ3n) is 6.35. The number of benzene rings is 2. The summed E-state index contributed by atoms with van der Waals surface area (Å²) in [5.74, 6) is 0.830. The monoisotopic (exact) mass is 423 g/mol. The minimum absolute atomic E-state index is 0.108. The molecule has 0 unspecified atom stereocenters. The largest absolute Gasteiger partial charge is 0.507 e. The summed E-state index contributed by atoms with van der Waals surface area (Å²) in [6.45, 7) is 15.1. The molecule has 0 atom stereocenters. The highest BCUT2D eigenvalue weighted by atomic mass is 16.5. The first kappa shape index (κ1) is 24.5. The Balaban J connectivity index is 2.71. The number of nitrogens with two attached hydrogens (primary N) is 1. The molecule has 0 amide bonds. The number of phenols is 1. The van der Waals surface area contributed by atoms with Crippen LogP contribution in [0.4, 0.5) is 5.69 Å². The number of hydrogen-bond acceptors (Lipinski definition) is 4. The van der Waals surface area contributed by atoms with Crippen LogP contribution in [0.1, 0.15) is 88.4 Å². The van der Waals surface area contributed by atoms with Gasteiger partial charge in [-0.1, -0.05) is 41.5 Å². The zero-order valence-electron chi connectivity index (χ0n) is 20.0. The second-order valence-corrected chi connectivity index (χ2v) is 9.29. The van der Waals surface area contributed by atoms with Gasteiger partial charge in [0.25, 0.3) is 0 Å². The Labute approximate surface area is 187 Å². The molecule has 0 aliphatic rings. The van der Waals surface area contributed by atoms with E-state index in [1.807, 2.05) is 13.0 Å². The van der Waals surface area contributed by atoms with E-state index in [0.717, 1.165) is 29.5 Å². The van der Waals surface area contributed by atoms with Crippen LogP contribution < -0.4 is 10.5 Å². The lowest BCUT2D eigenvalue weighted by atomic mass is 9.74. The highest BCUT2D eigenvalue weighted by molar-refractivity contribution is 6.07. The topological polar surface area (TPSA) is 72.5 Å². The highest BCUT2D eigenvalue weighted by Crippen LogP contribution is 2.48. The fourth-order valence-corrected chi connectivity index (χ4v) is 3.52. The van der Waals surface area contributed by atoms with Gasteiger partial charge in [0.1, 0.15) is 11.5 Å². The van der Waals surface area contributed by atoms with Crippen molar-refractivity contribution in [2.75, 3.05) is 12.3 Å². The molecule has 0 radical (unpaired) electrons. The molecule has 0 heterocycles. The zero-order valence-corrected chi connectivity index (χ0v) is 20.0. The first-order valence-corrected chi connectivity index (χ1v) is 11.1. The van der Waals surface area contributed by atoms with Crippen LogP contribution in [0.3, 0.4) is 0 Å². The normalized spacial score (nSPS) is 12.4. The van der Waals surface area contributed by atoms with Crippen molar-refractivity contribution in [1.82, 2.24) is 0 Å². The first-order valence-electron chi connectivity index (χ1n) is 11.1. The maximum absolute atomic E-state index is 12.7. The summed E-state index contributed by atoms with van der Waals surface area (Å²) >= 11 is 0. The number of rotatable bonds is 9. The van der Waals surface area contributed by atoms with Gasteiger partial charge in [-0.3, -0.25) is 4.79 Å². The van der Waals surface area contributed by atoms with Crippen molar-refractivity contribution in [2.24, 2.45) is 0 Å². The van der Waals surface area contributed by atoms with E-state index in [9.17, 15) is 9.90 Å². The number of phenolic OH excluding ortho intramolecular Hbond substituents is 1. The number of ether oxygens (including phenoxy) is 1. The Morgan fingerprint density at radius 1 is 1.03 bits per heavy atom. The van der Waals surface area contributed by atoms with Gasteiger partial charge >= 0.3 is 0 Å². The van der Waals surface area contributed by atoms with Crippen LogP contribution in [0.15, 0.2) is 36.4 Å². The van der Waals surface area contributed by atoms with Gasteiger partial charge in [-0.05, 0) is 73.1 Å². The van der Waals surface area contributed by atoms with E-state index in [1.54, 1.807) is 36.4 Å². The van der Waals surface area contributed by atoms with Crippen LogP contribution in [-0.4, -0.2) is 17.5 Å². The SMILES string of the molecule is CCOc1c(C=CC(=O)c2ccc(N)cc2)cc(C(C)(C)CC)c(O)c1C(C)(C)CC. The van der Waals surface area contributed by atoms with Gasteiger partial charge in [-0.2, -0.15) is 0 Å². The number of hydrogen-bond donors (Lipinski definition) is 2. The van der Waals surface area contributed by atoms with Crippen molar-refractivity contribution >= 4 is 17.5 Å². The number of aromatic hydroxyl groups is 1. The Morgan fingerprint density at radius 2 is 1.61 bits per heavy atom. The maximum Gasteiger partial charge on any atom is 0.185 e. The summed E-state index contributed by atoms with van der Waals surface area (Å²) in [6, 6.07) is 8.85. The number of anilines is 1. The molecular formula is C27H37NO3. The lowest BCUT2D eigenvalue weighted by Gasteiger charge is -2.33. The van der Waals surface area contributed by atoms with Gasteiger partial charge in [0.05, 0.1) is 6.61 Å². The summed E-state index contributed by atoms with van der Waals surface area (Å²) in [5, 5.41) is 11.4. The number of nitrogen functional groups attached to an aromatic ring is 1. The average molecular weight is 424 g/mol. The number of carbonyl (C=O) groups is 1. The standard InChI is InChI=1S/C27H37NO3/c1-8-26(4,5)21-17-19(13-16-22(29)18-11-14-20(28)15-12-18)25(31-10-3)23(24(21)30)27(6,7)9-2/h11-17,30H,8-10,28H2,1-7H3. The highest BCUT2D eigenvalue weighted by Gasteiger charge is 2.33. The molecule has 0 aromatic heterocycles. The predicted molar refractivity (Wildman–Crippen MR) is 130 cm³/mol. The Kier molecular flexibility index (Phi) is 7.58. The molecule has 2 aromatic carbocycles. The summed E-state index contributed by atoms with van der Waals surface area (Å²) in [5.41, 5.74) is 8.88. The van der Waals surface area contributed by atoms with Crippen LogP contribution in [0.5, 0.6) is 11.5 Å². The van der Waals surface area contributed by atoms with E-state index in [2.05, 4.69) is 41.5 Å². The molecule has 168 valence electrons. The number of allylic oxidation sites excluding steroid dienone is 1. The van der Waals surface area contributed by atoms with Crippen molar-refractivity contribution in [2.45, 2.75) is 72.1 Å². The molecule has 0 fully saturated rings. The molecule has 0 saturated carbocycles. The fourth-order valence-electron chi connectivity index (χ4n) is 3.52. The molecule has 2 aromatic rings. The van der Waals surface area contributed by atoms with Gasteiger partial charge in [-0.25, -0.2) is 0 Å². The van der Waals surface area contributed by atoms with Crippen LogP contribution in [0, 0.1) is 0 Å². The minimum Gasteiger partial charge on any atom is -0.507 e. The molecule has 0 bridgehead atoms. The summed E-state index contributed by atoms with van der Waals surface area (Å²) in [4.78, 5) is 12.7. The smallest absolute Gasteiger partial charge is 0.185 e. The molecule has 2 rings (SSSR count). The number of ketones is 1. The van der Waals surface area contributed by atoms with E-state index in [-0.39, 0.29) is 16.6 Å². The Bertz CT molecular complexity index is 953. The van der Waals surface area contributed by atoms with Crippen molar-refractivity contribution in [3.05, 3.63) is 58.7 Å². The molecular weight excluding hydrogens is 386 g/mol. The van der Waals surface area contributed by atoms with Crippen molar-refractivity contribution < 1.29 is 14.6 Å². The average Bonchev–Trinajstić information content (AvgIpc) is 2.73. The van der Waals surface area contributed by atoms with Crippen molar-refractivity contribution in [1.29, 1.82) is 0 Å². The molecule has 0 aliphatic carbocycles. The lowest BCUT2D eigenvalue weighted by Crippen LogP contribution is -2.22. The van der Waals surface area contributed by atoms with Gasteiger partial charge in [0.15, 0.2) is 5.78 Å². The van der Waals surface area contributed by atoms with Gasteiger partial charge in [-0.15, -0.1) is 0 Å². The van der Waals surface area contributed by atoms with E-state index >= 15 is 0 Å². The van der Waals surface area contributed by atoms with E-state index < -0.39 is 0 Å². The van der Waals surface area contributed by atoms with Crippen LogP contribution in [-0.2, 0) is 10.8 Å². The van der Waals surface area contributed by atoms with Crippen molar-refractivity contribution in [3.8, 4) is 11.5 Å². The van der Waals surface area contributed by atoms with Gasteiger partial charge in [0, 0.05) is 27.9 Å². The third-order valence-corrected chi connectivity index (χ3v) is 6.35. The second kappa shape index (κ2) is 9.59.